The Balaban J connectivity index is 2.24. The minimum Gasteiger partial charge on any atom is -0.493 e. The molecule has 1 heterocycles. The second-order valence-corrected chi connectivity index (χ2v) is 6.36. The molecule has 27 heavy (non-hydrogen) atoms. The van der Waals surface area contributed by atoms with Gasteiger partial charge in [-0.15, -0.1) is 0 Å². The van der Waals surface area contributed by atoms with E-state index >= 15 is 0 Å². The number of nitrogens with zero attached hydrogens (tertiary/aromatic N) is 1. The standard InChI is InChI=1S/C19H28N2O6/c1-4-27-12-17(23)20-15-9-14(10-16(25-2)18(15)26-3)19(24)21-7-5-13(11-22)6-8-21/h9-10,13,22H,4-8,11-12H2,1-3H3,(H,20,23). The van der Waals surface area contributed by atoms with Crippen LogP contribution in [0.25, 0.3) is 0 Å². The number of likely N-dealkylation sites (tertiary alicyclic amines) is 1. The number of benzene rings is 1. The van der Waals surface area contributed by atoms with Crippen LogP contribution in [-0.2, 0) is 9.53 Å². The number of hydrogen-bond acceptors (Lipinski definition) is 6. The van der Waals surface area contributed by atoms with E-state index in [9.17, 15) is 14.7 Å². The van der Waals surface area contributed by atoms with E-state index < -0.39 is 0 Å². The van der Waals surface area contributed by atoms with E-state index in [0.717, 1.165) is 12.8 Å². The highest BCUT2D eigenvalue weighted by Crippen LogP contribution is 2.37. The summed E-state index contributed by atoms with van der Waals surface area (Å²) in [5.41, 5.74) is 0.761. The molecule has 2 amide bonds. The third-order valence-corrected chi connectivity index (χ3v) is 4.60. The molecule has 8 nitrogen and oxygen atoms in total. The zero-order chi connectivity index (χ0) is 19.8. The molecule has 1 fully saturated rings. The number of methoxy groups -OCH3 is 2. The van der Waals surface area contributed by atoms with Crippen molar-refractivity contribution in [2.45, 2.75) is 19.8 Å². The monoisotopic (exact) mass is 380 g/mol. The molecule has 2 N–H and O–H groups in total. The molecule has 1 aromatic rings. The summed E-state index contributed by atoms with van der Waals surface area (Å²) in [4.78, 5) is 26.7. The molecule has 8 heteroatoms. The summed E-state index contributed by atoms with van der Waals surface area (Å²) >= 11 is 0. The Labute approximate surface area is 159 Å². The lowest BCUT2D eigenvalue weighted by atomic mass is 9.97. The average Bonchev–Trinajstić information content (AvgIpc) is 2.71. The molecule has 1 aliphatic rings. The smallest absolute Gasteiger partial charge is 0.254 e. The predicted octanol–water partition coefficient (Wildman–Crippen LogP) is 1.52. The van der Waals surface area contributed by atoms with Gasteiger partial charge in [-0.3, -0.25) is 9.59 Å². The molecule has 2 rings (SSSR count). The Bertz CT molecular complexity index is 656. The van der Waals surface area contributed by atoms with Crippen LogP contribution >= 0.6 is 0 Å². The first kappa shape index (κ1) is 21.0. The Morgan fingerprint density at radius 1 is 1.22 bits per heavy atom. The van der Waals surface area contributed by atoms with Gasteiger partial charge < -0.3 is 29.5 Å². The molecule has 0 saturated carbocycles. The van der Waals surface area contributed by atoms with Crippen LogP contribution in [0.15, 0.2) is 12.1 Å². The molecule has 1 aliphatic heterocycles. The van der Waals surface area contributed by atoms with Gasteiger partial charge in [0.25, 0.3) is 5.91 Å². The van der Waals surface area contributed by atoms with Gasteiger partial charge in [-0.25, -0.2) is 0 Å². The maximum Gasteiger partial charge on any atom is 0.254 e. The van der Waals surface area contributed by atoms with Gasteiger partial charge in [0.05, 0.1) is 19.9 Å². The zero-order valence-electron chi connectivity index (χ0n) is 16.1. The minimum absolute atomic E-state index is 0.0885. The van der Waals surface area contributed by atoms with Crippen LogP contribution in [0.2, 0.25) is 0 Å². The van der Waals surface area contributed by atoms with Crippen molar-refractivity contribution in [3.05, 3.63) is 17.7 Å². The summed E-state index contributed by atoms with van der Waals surface area (Å²) < 4.78 is 15.8. The highest BCUT2D eigenvalue weighted by molar-refractivity contribution is 5.99. The van der Waals surface area contributed by atoms with Crippen molar-refractivity contribution in [3.63, 3.8) is 0 Å². The number of rotatable bonds is 8. The van der Waals surface area contributed by atoms with Crippen molar-refractivity contribution in [1.29, 1.82) is 0 Å². The second-order valence-electron chi connectivity index (χ2n) is 6.36. The van der Waals surface area contributed by atoms with Crippen LogP contribution in [0.4, 0.5) is 5.69 Å². The first-order valence-electron chi connectivity index (χ1n) is 9.07. The summed E-state index contributed by atoms with van der Waals surface area (Å²) in [5.74, 6) is 0.462. The first-order chi connectivity index (χ1) is 13.0. The van der Waals surface area contributed by atoms with Crippen LogP contribution < -0.4 is 14.8 Å². The fraction of sp³-hybridized carbons (Fsp3) is 0.579. The van der Waals surface area contributed by atoms with Gasteiger partial charge in [0.15, 0.2) is 11.5 Å². The molecule has 0 bridgehead atoms. The molecule has 0 aromatic heterocycles. The van der Waals surface area contributed by atoms with Gasteiger partial charge in [0.1, 0.15) is 6.61 Å². The lowest BCUT2D eigenvalue weighted by molar-refractivity contribution is -0.120. The average molecular weight is 380 g/mol. The van der Waals surface area contributed by atoms with E-state index in [4.69, 9.17) is 14.2 Å². The van der Waals surface area contributed by atoms with Gasteiger partial charge in [-0.2, -0.15) is 0 Å². The predicted molar refractivity (Wildman–Crippen MR) is 100 cm³/mol. The number of amides is 2. The zero-order valence-corrected chi connectivity index (χ0v) is 16.1. The number of anilines is 1. The Hall–Kier alpha value is -2.32. The second kappa shape index (κ2) is 10.1. The molecule has 1 saturated heterocycles. The Morgan fingerprint density at radius 2 is 1.93 bits per heavy atom. The number of hydrogen-bond donors (Lipinski definition) is 2. The SMILES string of the molecule is CCOCC(=O)Nc1cc(C(=O)N2CCC(CO)CC2)cc(OC)c1OC. The molecule has 0 radical (unpaired) electrons. The van der Waals surface area contributed by atoms with E-state index in [0.29, 0.717) is 42.4 Å². The number of piperidine rings is 1. The number of nitrogens with one attached hydrogen (secondary N) is 1. The molecule has 0 spiro atoms. The van der Waals surface area contributed by atoms with E-state index in [1.54, 1.807) is 24.0 Å². The fourth-order valence-corrected chi connectivity index (χ4v) is 3.06. The highest BCUT2D eigenvalue weighted by atomic mass is 16.5. The van der Waals surface area contributed by atoms with Gasteiger partial charge in [-0.05, 0) is 37.8 Å². The van der Waals surface area contributed by atoms with Crippen LogP contribution in [-0.4, -0.2) is 69.0 Å². The van der Waals surface area contributed by atoms with Crippen molar-refractivity contribution in [2.75, 3.05) is 52.4 Å². The molecule has 0 aliphatic carbocycles. The minimum atomic E-state index is -0.342. The van der Waals surface area contributed by atoms with Gasteiger partial charge in [-0.1, -0.05) is 0 Å². The van der Waals surface area contributed by atoms with Crippen molar-refractivity contribution < 1.29 is 28.9 Å². The van der Waals surface area contributed by atoms with Crippen LogP contribution in [0.1, 0.15) is 30.1 Å². The molecule has 150 valence electrons. The molecular formula is C19H28N2O6. The lowest BCUT2D eigenvalue weighted by Crippen LogP contribution is -2.39. The van der Waals surface area contributed by atoms with Gasteiger partial charge in [0.2, 0.25) is 5.91 Å². The maximum atomic E-state index is 12.9. The Kier molecular flexibility index (Phi) is 7.87. The van der Waals surface area contributed by atoms with E-state index in [1.165, 1.54) is 14.2 Å². The number of carbonyl (C=O) groups is 2. The van der Waals surface area contributed by atoms with Crippen molar-refractivity contribution >= 4 is 17.5 Å². The number of carbonyl (C=O) groups excluding carboxylic acids is 2. The van der Waals surface area contributed by atoms with E-state index in [1.807, 2.05) is 0 Å². The molecule has 0 unspecified atom stereocenters. The summed E-state index contributed by atoms with van der Waals surface area (Å²) in [5, 5.41) is 12.0. The van der Waals surface area contributed by atoms with Crippen molar-refractivity contribution in [3.8, 4) is 11.5 Å². The summed E-state index contributed by atoms with van der Waals surface area (Å²) in [6.07, 6.45) is 1.54. The maximum absolute atomic E-state index is 12.9. The normalized spacial score (nSPS) is 14.7. The number of aliphatic hydroxyl groups is 1. The molecule has 1 aromatic carbocycles. The quantitative estimate of drug-likeness (QED) is 0.710. The van der Waals surface area contributed by atoms with E-state index in [-0.39, 0.29) is 30.9 Å². The topological polar surface area (TPSA) is 97.3 Å². The van der Waals surface area contributed by atoms with Crippen LogP contribution in [0.3, 0.4) is 0 Å². The number of ether oxygens (including phenoxy) is 3. The number of aliphatic hydroxyl groups excluding tert-OH is 1. The first-order valence-corrected chi connectivity index (χ1v) is 9.07. The van der Waals surface area contributed by atoms with Crippen molar-refractivity contribution in [1.82, 2.24) is 4.90 Å². The molecular weight excluding hydrogens is 352 g/mol. The Morgan fingerprint density at radius 3 is 2.48 bits per heavy atom. The van der Waals surface area contributed by atoms with E-state index in [2.05, 4.69) is 5.32 Å². The molecule has 0 atom stereocenters. The lowest BCUT2D eigenvalue weighted by Gasteiger charge is -2.31. The van der Waals surface area contributed by atoms with Gasteiger partial charge >= 0.3 is 0 Å². The third kappa shape index (κ3) is 5.33. The largest absolute Gasteiger partial charge is 0.493 e. The summed E-state index contributed by atoms with van der Waals surface area (Å²) in [7, 11) is 2.95. The summed E-state index contributed by atoms with van der Waals surface area (Å²) in [6.45, 7) is 3.46. The van der Waals surface area contributed by atoms with Crippen LogP contribution in [0.5, 0.6) is 11.5 Å². The third-order valence-electron chi connectivity index (χ3n) is 4.60. The highest BCUT2D eigenvalue weighted by Gasteiger charge is 2.25. The fourth-order valence-electron chi connectivity index (χ4n) is 3.06. The van der Waals surface area contributed by atoms with Gasteiger partial charge in [0, 0.05) is 31.9 Å². The summed E-state index contributed by atoms with van der Waals surface area (Å²) in [6, 6.07) is 3.20. The van der Waals surface area contributed by atoms with Crippen LogP contribution in [0, 0.1) is 5.92 Å². The van der Waals surface area contributed by atoms with Crippen molar-refractivity contribution in [2.24, 2.45) is 5.92 Å².